The Bertz CT molecular complexity index is 639. The van der Waals surface area contributed by atoms with Crippen LogP contribution in [0.25, 0.3) is 0 Å². The third-order valence-electron chi connectivity index (χ3n) is 5.45. The summed E-state index contributed by atoms with van der Waals surface area (Å²) in [6.07, 6.45) is 3.50. The lowest BCUT2D eigenvalue weighted by molar-refractivity contribution is -0.136. The van der Waals surface area contributed by atoms with Gasteiger partial charge in [-0.05, 0) is 30.4 Å². The molecule has 3 aliphatic rings. The van der Waals surface area contributed by atoms with E-state index in [4.69, 9.17) is 4.74 Å². The molecule has 5 heteroatoms. The van der Waals surface area contributed by atoms with Crippen molar-refractivity contribution in [2.24, 2.45) is 5.92 Å². The van der Waals surface area contributed by atoms with Gasteiger partial charge in [-0.3, -0.25) is 9.59 Å². The van der Waals surface area contributed by atoms with Gasteiger partial charge >= 0.3 is 0 Å². The van der Waals surface area contributed by atoms with Crippen molar-refractivity contribution in [1.29, 1.82) is 0 Å². The average molecular weight is 328 g/mol. The summed E-state index contributed by atoms with van der Waals surface area (Å²) in [5, 5.41) is 0. The number of hydrogen-bond donors (Lipinski definition) is 0. The van der Waals surface area contributed by atoms with E-state index in [1.54, 1.807) is 0 Å². The molecule has 2 saturated heterocycles. The number of benzene rings is 1. The number of carbonyl (C=O) groups excluding carboxylic acids is 2. The van der Waals surface area contributed by atoms with Gasteiger partial charge in [-0.25, -0.2) is 0 Å². The lowest BCUT2D eigenvalue weighted by Gasteiger charge is -2.30. The van der Waals surface area contributed by atoms with Crippen molar-refractivity contribution in [3.63, 3.8) is 0 Å². The second-order valence-corrected chi connectivity index (χ2v) is 7.11. The molecule has 0 bridgehead atoms. The van der Waals surface area contributed by atoms with Crippen LogP contribution in [-0.4, -0.2) is 54.0 Å². The van der Waals surface area contributed by atoms with Crippen molar-refractivity contribution in [2.75, 3.05) is 26.2 Å². The predicted molar refractivity (Wildman–Crippen MR) is 89.2 cm³/mol. The van der Waals surface area contributed by atoms with E-state index in [1.807, 2.05) is 15.9 Å². The molecule has 2 unspecified atom stereocenters. The Morgan fingerprint density at radius 2 is 2.08 bits per heavy atom. The van der Waals surface area contributed by atoms with Gasteiger partial charge in [0, 0.05) is 39.2 Å². The first kappa shape index (κ1) is 15.6. The van der Waals surface area contributed by atoms with Gasteiger partial charge in [-0.2, -0.15) is 0 Å². The average Bonchev–Trinajstić information content (AvgIpc) is 3.24. The molecule has 0 aliphatic carbocycles. The van der Waals surface area contributed by atoms with E-state index >= 15 is 0 Å². The molecule has 3 aliphatic heterocycles. The Morgan fingerprint density at radius 3 is 2.88 bits per heavy atom. The van der Waals surface area contributed by atoms with Crippen molar-refractivity contribution in [3.8, 4) is 0 Å². The van der Waals surface area contributed by atoms with Crippen LogP contribution in [0.3, 0.4) is 0 Å². The number of rotatable bonds is 3. The van der Waals surface area contributed by atoms with Crippen LogP contribution in [0.15, 0.2) is 24.3 Å². The number of likely N-dealkylation sites (tertiary alicyclic amines) is 1. The van der Waals surface area contributed by atoms with Gasteiger partial charge < -0.3 is 14.5 Å². The zero-order valence-corrected chi connectivity index (χ0v) is 13.9. The van der Waals surface area contributed by atoms with E-state index in [-0.39, 0.29) is 23.8 Å². The highest BCUT2D eigenvalue weighted by atomic mass is 16.5. The van der Waals surface area contributed by atoms with Crippen molar-refractivity contribution in [3.05, 3.63) is 35.4 Å². The minimum atomic E-state index is -0.191. The smallest absolute Gasteiger partial charge is 0.228 e. The van der Waals surface area contributed by atoms with Crippen molar-refractivity contribution >= 4 is 11.8 Å². The summed E-state index contributed by atoms with van der Waals surface area (Å²) in [5.41, 5.74) is 2.57. The summed E-state index contributed by atoms with van der Waals surface area (Å²) in [5.74, 6) is 0.0399. The van der Waals surface area contributed by atoms with Crippen LogP contribution < -0.4 is 0 Å². The second-order valence-electron chi connectivity index (χ2n) is 7.11. The minimum absolute atomic E-state index is 0.0984. The van der Waals surface area contributed by atoms with Crippen molar-refractivity contribution in [2.45, 2.75) is 38.3 Å². The van der Waals surface area contributed by atoms with E-state index in [1.165, 1.54) is 11.1 Å². The molecule has 1 aromatic rings. The van der Waals surface area contributed by atoms with E-state index in [2.05, 4.69) is 18.2 Å². The maximum atomic E-state index is 12.9. The summed E-state index contributed by atoms with van der Waals surface area (Å²) in [4.78, 5) is 28.9. The van der Waals surface area contributed by atoms with Gasteiger partial charge in [0.05, 0.1) is 12.0 Å². The molecule has 2 amide bonds. The summed E-state index contributed by atoms with van der Waals surface area (Å²) in [6.45, 7) is 3.42. The molecule has 5 nitrogen and oxygen atoms in total. The molecule has 24 heavy (non-hydrogen) atoms. The topological polar surface area (TPSA) is 49.9 Å². The predicted octanol–water partition coefficient (Wildman–Crippen LogP) is 1.60. The minimum Gasteiger partial charge on any atom is -0.376 e. The van der Waals surface area contributed by atoms with Crippen LogP contribution in [0, 0.1) is 5.92 Å². The van der Waals surface area contributed by atoms with Crippen LogP contribution in [0.1, 0.15) is 30.4 Å². The highest BCUT2D eigenvalue weighted by molar-refractivity contribution is 5.89. The molecule has 0 saturated carbocycles. The molecule has 2 fully saturated rings. The number of ether oxygens (including phenoxy) is 1. The molecule has 3 heterocycles. The Balaban J connectivity index is 1.38. The third kappa shape index (κ3) is 3.05. The van der Waals surface area contributed by atoms with Crippen LogP contribution in [0.2, 0.25) is 0 Å². The maximum absolute atomic E-state index is 12.9. The van der Waals surface area contributed by atoms with Crippen LogP contribution in [0.5, 0.6) is 0 Å². The highest BCUT2D eigenvalue weighted by Crippen LogP contribution is 2.26. The first-order valence-electron chi connectivity index (χ1n) is 8.95. The number of carbonyl (C=O) groups is 2. The summed E-state index contributed by atoms with van der Waals surface area (Å²) in [7, 11) is 0. The molecule has 0 spiro atoms. The quantitative estimate of drug-likeness (QED) is 0.847. The van der Waals surface area contributed by atoms with Gasteiger partial charge in [0.2, 0.25) is 11.8 Å². The number of nitrogens with zero attached hydrogens (tertiary/aromatic N) is 2. The van der Waals surface area contributed by atoms with Crippen molar-refractivity contribution in [1.82, 2.24) is 9.80 Å². The molecule has 0 aromatic heterocycles. The molecule has 2 atom stereocenters. The second kappa shape index (κ2) is 6.55. The van der Waals surface area contributed by atoms with Gasteiger partial charge in [-0.1, -0.05) is 24.3 Å². The molecular formula is C19H24N2O3. The Labute approximate surface area is 142 Å². The Kier molecular flexibility index (Phi) is 4.27. The number of fused-ring (bicyclic) bond motifs is 1. The molecule has 0 N–H and O–H groups in total. The summed E-state index contributed by atoms with van der Waals surface area (Å²) < 4.78 is 5.63. The van der Waals surface area contributed by atoms with Crippen LogP contribution in [0.4, 0.5) is 0 Å². The largest absolute Gasteiger partial charge is 0.376 e. The van der Waals surface area contributed by atoms with Gasteiger partial charge in [0.15, 0.2) is 0 Å². The zero-order chi connectivity index (χ0) is 16.5. The van der Waals surface area contributed by atoms with E-state index in [0.717, 1.165) is 32.4 Å². The highest BCUT2D eigenvalue weighted by Gasteiger charge is 2.38. The van der Waals surface area contributed by atoms with E-state index < -0.39 is 0 Å². The summed E-state index contributed by atoms with van der Waals surface area (Å²) >= 11 is 0. The zero-order valence-electron chi connectivity index (χ0n) is 13.9. The lowest BCUT2D eigenvalue weighted by Crippen LogP contribution is -2.41. The normalized spacial score (nSPS) is 26.8. The van der Waals surface area contributed by atoms with Crippen molar-refractivity contribution < 1.29 is 14.3 Å². The first-order chi connectivity index (χ1) is 11.7. The monoisotopic (exact) mass is 328 g/mol. The van der Waals surface area contributed by atoms with E-state index in [9.17, 15) is 9.59 Å². The fourth-order valence-corrected chi connectivity index (χ4v) is 4.09. The standard InChI is InChI=1S/C19H24N2O3/c22-18-10-16(12-21(18)13-17-6-3-9-24-17)19(23)20-8-7-14-4-1-2-5-15(14)11-20/h1-2,4-5,16-17H,3,6-13H2. The van der Waals surface area contributed by atoms with Crippen LogP contribution >= 0.6 is 0 Å². The summed E-state index contributed by atoms with van der Waals surface area (Å²) in [6, 6.07) is 8.31. The molecule has 4 rings (SSSR count). The molecular weight excluding hydrogens is 304 g/mol. The molecule has 1 aromatic carbocycles. The molecule has 0 radical (unpaired) electrons. The Hall–Kier alpha value is -1.88. The van der Waals surface area contributed by atoms with Gasteiger partial charge in [-0.15, -0.1) is 0 Å². The van der Waals surface area contributed by atoms with Gasteiger partial charge in [0.25, 0.3) is 0 Å². The fraction of sp³-hybridized carbons (Fsp3) is 0.579. The fourth-order valence-electron chi connectivity index (χ4n) is 4.09. The third-order valence-corrected chi connectivity index (χ3v) is 5.45. The van der Waals surface area contributed by atoms with Gasteiger partial charge in [0.1, 0.15) is 0 Å². The molecule has 128 valence electrons. The van der Waals surface area contributed by atoms with Crippen LogP contribution in [-0.2, 0) is 27.3 Å². The van der Waals surface area contributed by atoms with E-state index in [0.29, 0.717) is 26.1 Å². The first-order valence-corrected chi connectivity index (χ1v) is 8.95. The maximum Gasteiger partial charge on any atom is 0.228 e. The number of amides is 2. The lowest BCUT2D eigenvalue weighted by atomic mass is 9.98. The Morgan fingerprint density at radius 1 is 1.25 bits per heavy atom. The number of hydrogen-bond acceptors (Lipinski definition) is 3. The SMILES string of the molecule is O=C1CC(C(=O)N2CCc3ccccc3C2)CN1CC1CCCO1.